The Hall–Kier alpha value is -4.15. The van der Waals surface area contributed by atoms with Crippen molar-refractivity contribution in [3.05, 3.63) is 87.4 Å². The van der Waals surface area contributed by atoms with Gasteiger partial charge in [-0.1, -0.05) is 71.7 Å². The lowest BCUT2D eigenvalue weighted by atomic mass is 9.91. The van der Waals surface area contributed by atoms with Gasteiger partial charge in [0.1, 0.15) is 5.75 Å². The van der Waals surface area contributed by atoms with Crippen LogP contribution in [0.2, 0.25) is 10.0 Å². The summed E-state index contributed by atoms with van der Waals surface area (Å²) in [4.78, 5) is 30.5. The molecule has 9 nitrogen and oxygen atoms in total. The molecule has 2 saturated heterocycles. The van der Waals surface area contributed by atoms with Crippen LogP contribution < -0.4 is 25.4 Å². The van der Waals surface area contributed by atoms with E-state index in [9.17, 15) is 9.59 Å². The van der Waals surface area contributed by atoms with E-state index in [2.05, 4.69) is 33.0 Å². The third-order valence-corrected chi connectivity index (χ3v) is 10.8. The van der Waals surface area contributed by atoms with Gasteiger partial charge in [0.05, 0.1) is 30.0 Å². The number of carbonyl (C=O) groups is 2. The molecule has 2 fully saturated rings. The molecule has 4 aromatic rings. The van der Waals surface area contributed by atoms with Crippen molar-refractivity contribution in [3.8, 4) is 45.1 Å². The highest BCUT2D eigenvalue weighted by Crippen LogP contribution is 2.44. The standard InChI is InChI=1S/C39H41Cl2N5O4/c1-49-34-18-25(17-23-15-16-46(22-32(23)34)21-27-11-14-36(48)44-27)28-5-3-6-29(37(28)40)30-7-4-8-31(38(30)41)33-12-9-24(39(45-33)50-2)19-42-20-26-10-13-35(47)43-26/h3-9,12,17-18,26-27,42H,10-11,13-16,19-22H2,1-2H3,(H,43,47)(H,44,48)/t26-,27+/m1/s1. The lowest BCUT2D eigenvalue weighted by molar-refractivity contribution is -0.120. The highest BCUT2D eigenvalue weighted by atomic mass is 35.5. The number of ether oxygens (including phenoxy) is 2. The Morgan fingerprint density at radius 3 is 2.20 bits per heavy atom. The fourth-order valence-electron chi connectivity index (χ4n) is 7.35. The number of benzene rings is 3. The van der Waals surface area contributed by atoms with Crippen LogP contribution in [0.25, 0.3) is 33.5 Å². The molecular formula is C39H41Cl2N5O4. The van der Waals surface area contributed by atoms with Crippen molar-refractivity contribution in [2.45, 2.75) is 57.3 Å². The van der Waals surface area contributed by atoms with Gasteiger partial charge in [0.15, 0.2) is 0 Å². The third kappa shape index (κ3) is 7.19. The van der Waals surface area contributed by atoms with Crippen LogP contribution in [-0.4, -0.2) is 67.6 Å². The van der Waals surface area contributed by atoms with Crippen molar-refractivity contribution >= 4 is 35.0 Å². The molecule has 11 heteroatoms. The van der Waals surface area contributed by atoms with E-state index in [-0.39, 0.29) is 23.9 Å². The zero-order valence-corrected chi connectivity index (χ0v) is 29.8. The first-order chi connectivity index (χ1) is 24.3. The van der Waals surface area contributed by atoms with Crippen LogP contribution in [0, 0.1) is 0 Å². The number of hydrogen-bond acceptors (Lipinski definition) is 7. The molecule has 0 unspecified atom stereocenters. The first-order valence-corrected chi connectivity index (χ1v) is 17.9. The highest BCUT2D eigenvalue weighted by Gasteiger charge is 2.27. The van der Waals surface area contributed by atoms with Gasteiger partial charge >= 0.3 is 0 Å². The number of amides is 2. The lowest BCUT2D eigenvalue weighted by Crippen LogP contribution is -2.41. The summed E-state index contributed by atoms with van der Waals surface area (Å²) in [6, 6.07) is 20.5. The summed E-state index contributed by atoms with van der Waals surface area (Å²) in [6.07, 6.45) is 3.80. The molecule has 2 amide bonds. The minimum atomic E-state index is 0.104. The molecule has 50 heavy (non-hydrogen) atoms. The first kappa shape index (κ1) is 34.3. The molecule has 7 rings (SSSR count). The van der Waals surface area contributed by atoms with Crippen molar-refractivity contribution in [1.82, 2.24) is 25.8 Å². The van der Waals surface area contributed by atoms with Gasteiger partial charge in [-0.3, -0.25) is 14.5 Å². The Morgan fingerprint density at radius 2 is 1.52 bits per heavy atom. The Kier molecular flexibility index (Phi) is 10.3. The van der Waals surface area contributed by atoms with Crippen LogP contribution in [0.5, 0.6) is 11.6 Å². The SMILES string of the molecule is COc1cc(-c2cccc(-c3cccc(-c4ccc(CNC[C@H]5CCC(=O)N5)c(OC)n4)c3Cl)c2Cl)cc2c1CN(C[C@@H]1CCC(=O)N1)CC2. The van der Waals surface area contributed by atoms with Gasteiger partial charge in [0, 0.05) is 91.0 Å². The monoisotopic (exact) mass is 713 g/mol. The van der Waals surface area contributed by atoms with Gasteiger partial charge in [-0.05, 0) is 42.5 Å². The van der Waals surface area contributed by atoms with Crippen LogP contribution in [0.1, 0.15) is 42.4 Å². The number of fused-ring (bicyclic) bond motifs is 1. The van der Waals surface area contributed by atoms with E-state index in [1.54, 1.807) is 14.2 Å². The van der Waals surface area contributed by atoms with E-state index in [1.165, 1.54) is 11.1 Å². The summed E-state index contributed by atoms with van der Waals surface area (Å²) in [6.45, 7) is 3.78. The number of aromatic nitrogens is 1. The summed E-state index contributed by atoms with van der Waals surface area (Å²) in [5.41, 5.74) is 8.33. The molecule has 0 bridgehead atoms. The van der Waals surface area contributed by atoms with Crippen LogP contribution in [-0.2, 0) is 29.1 Å². The van der Waals surface area contributed by atoms with Gasteiger partial charge in [-0.25, -0.2) is 4.98 Å². The van der Waals surface area contributed by atoms with Crippen molar-refractivity contribution in [2.75, 3.05) is 33.9 Å². The maximum Gasteiger partial charge on any atom is 0.220 e. The number of carbonyl (C=O) groups excluding carboxylic acids is 2. The topological polar surface area (TPSA) is 105 Å². The fourth-order valence-corrected chi connectivity index (χ4v) is 8.01. The van der Waals surface area contributed by atoms with Crippen molar-refractivity contribution in [3.63, 3.8) is 0 Å². The summed E-state index contributed by atoms with van der Waals surface area (Å²) >= 11 is 14.4. The second-order valence-corrected chi connectivity index (χ2v) is 14.0. The average molecular weight is 715 g/mol. The third-order valence-electron chi connectivity index (χ3n) is 9.96. The summed E-state index contributed by atoms with van der Waals surface area (Å²) in [5.74, 6) is 1.60. The van der Waals surface area contributed by atoms with Crippen molar-refractivity contribution < 1.29 is 19.1 Å². The lowest BCUT2D eigenvalue weighted by Gasteiger charge is -2.32. The minimum Gasteiger partial charge on any atom is -0.496 e. The maximum atomic E-state index is 11.7. The zero-order valence-electron chi connectivity index (χ0n) is 28.3. The van der Waals surface area contributed by atoms with Gasteiger partial charge in [-0.2, -0.15) is 0 Å². The quantitative estimate of drug-likeness (QED) is 0.165. The molecule has 4 heterocycles. The van der Waals surface area contributed by atoms with Gasteiger partial charge in [0.25, 0.3) is 0 Å². The molecule has 0 spiro atoms. The van der Waals surface area contributed by atoms with Gasteiger partial charge < -0.3 is 25.4 Å². The number of pyridine rings is 1. The molecule has 0 radical (unpaired) electrons. The van der Waals surface area contributed by atoms with Crippen LogP contribution in [0.4, 0.5) is 0 Å². The molecule has 260 valence electrons. The number of nitrogens with one attached hydrogen (secondary N) is 3. The van der Waals surface area contributed by atoms with E-state index in [0.29, 0.717) is 47.6 Å². The average Bonchev–Trinajstić information content (AvgIpc) is 3.74. The summed E-state index contributed by atoms with van der Waals surface area (Å²) < 4.78 is 11.6. The molecule has 0 aliphatic carbocycles. The summed E-state index contributed by atoms with van der Waals surface area (Å²) in [5, 5.41) is 10.6. The molecule has 1 aromatic heterocycles. The largest absolute Gasteiger partial charge is 0.496 e. The molecule has 3 aromatic carbocycles. The molecule has 3 aliphatic heterocycles. The van der Waals surface area contributed by atoms with E-state index >= 15 is 0 Å². The van der Waals surface area contributed by atoms with Crippen molar-refractivity contribution in [1.29, 1.82) is 0 Å². The minimum absolute atomic E-state index is 0.104. The number of nitrogens with zero attached hydrogens (tertiary/aromatic N) is 2. The number of hydrogen-bond donors (Lipinski definition) is 3. The molecule has 3 aliphatic rings. The number of methoxy groups -OCH3 is 2. The second-order valence-electron chi connectivity index (χ2n) is 13.2. The van der Waals surface area contributed by atoms with E-state index < -0.39 is 0 Å². The summed E-state index contributed by atoms with van der Waals surface area (Å²) in [7, 11) is 3.32. The Balaban J connectivity index is 1.13. The van der Waals surface area contributed by atoms with Crippen LogP contribution >= 0.6 is 23.2 Å². The Bertz CT molecular complexity index is 1920. The Morgan fingerprint density at radius 1 is 0.840 bits per heavy atom. The second kappa shape index (κ2) is 15.0. The smallest absolute Gasteiger partial charge is 0.220 e. The highest BCUT2D eigenvalue weighted by molar-refractivity contribution is 6.39. The van der Waals surface area contributed by atoms with Gasteiger partial charge in [-0.15, -0.1) is 0 Å². The molecule has 2 atom stereocenters. The molecule has 0 saturated carbocycles. The van der Waals surface area contributed by atoms with Gasteiger partial charge in [0.2, 0.25) is 17.7 Å². The normalized spacial score (nSPS) is 18.9. The van der Waals surface area contributed by atoms with Crippen molar-refractivity contribution in [2.24, 2.45) is 0 Å². The zero-order chi connectivity index (χ0) is 34.8. The number of halogens is 2. The maximum absolute atomic E-state index is 11.7. The van der Waals surface area contributed by atoms with Crippen LogP contribution in [0.3, 0.4) is 0 Å². The predicted molar refractivity (Wildman–Crippen MR) is 197 cm³/mol. The van der Waals surface area contributed by atoms with E-state index in [4.69, 9.17) is 37.7 Å². The molecule has 3 N–H and O–H groups in total. The van der Waals surface area contributed by atoms with E-state index in [1.807, 2.05) is 48.5 Å². The Labute approximate surface area is 302 Å². The number of rotatable bonds is 11. The van der Waals surface area contributed by atoms with Crippen LogP contribution in [0.15, 0.2) is 60.7 Å². The first-order valence-electron chi connectivity index (χ1n) is 17.1. The fraction of sp³-hybridized carbons (Fsp3) is 0.359. The molecular weight excluding hydrogens is 673 g/mol. The van der Waals surface area contributed by atoms with E-state index in [0.717, 1.165) is 78.0 Å². The predicted octanol–water partition coefficient (Wildman–Crippen LogP) is 6.41.